The van der Waals surface area contributed by atoms with E-state index in [-0.39, 0.29) is 17.9 Å². The molecule has 55 heavy (non-hydrogen) atoms. The number of halogens is 4. The molecule has 3 saturated heterocycles. The van der Waals surface area contributed by atoms with Crippen molar-refractivity contribution in [1.29, 1.82) is 0 Å². The lowest BCUT2D eigenvalue weighted by molar-refractivity contribution is -0.941. The number of fused-ring (bicyclic) bond motifs is 3. The molecule has 3 aliphatic heterocycles. The first-order chi connectivity index (χ1) is 26.1. The molecule has 1 unspecified atom stereocenters. The van der Waals surface area contributed by atoms with Crippen molar-refractivity contribution in [2.75, 3.05) is 59.5 Å². The third kappa shape index (κ3) is 8.57. The second kappa shape index (κ2) is 16.5. The molecule has 1 aromatic heterocycles. The predicted molar refractivity (Wildman–Crippen MR) is 206 cm³/mol. The number of methoxy groups -OCH3 is 1. The number of nitrogens with zero attached hydrogens (tertiary/aromatic N) is 5. The number of carboxylic acid groups (broad SMARTS) is 1. The average Bonchev–Trinajstić information content (AvgIpc) is 3.60. The minimum Gasteiger partial charge on any atom is -0.495 e. The molecule has 0 amide bonds. The molecule has 4 aromatic rings. The summed E-state index contributed by atoms with van der Waals surface area (Å²) in [4.78, 5) is 18.4. The highest BCUT2D eigenvalue weighted by Gasteiger charge is 2.39. The number of sulfonamides is 1. The Bertz CT molecular complexity index is 2110. The number of thioether (sulfide) groups is 1. The molecular weight excluding hydrogens is 775 g/mol. The van der Waals surface area contributed by atoms with Crippen LogP contribution in [0.25, 0.3) is 5.69 Å². The summed E-state index contributed by atoms with van der Waals surface area (Å²) in [5.41, 5.74) is 0.985. The number of benzene rings is 3. The lowest BCUT2D eigenvalue weighted by Crippen LogP contribution is -2.67. The summed E-state index contributed by atoms with van der Waals surface area (Å²) in [5.74, 6) is -3.78. The Balaban J connectivity index is 1.24. The predicted octanol–water partition coefficient (Wildman–Crippen LogP) is 6.96. The van der Waals surface area contributed by atoms with Crippen molar-refractivity contribution >= 4 is 39.4 Å². The number of imidazole rings is 1. The highest BCUT2D eigenvalue weighted by molar-refractivity contribution is 7.98. The van der Waals surface area contributed by atoms with E-state index in [0.29, 0.717) is 40.2 Å². The molecule has 1 N–H and O–H groups in total. The third-order valence-corrected chi connectivity index (χ3v) is 14.4. The van der Waals surface area contributed by atoms with Crippen molar-refractivity contribution in [3.63, 3.8) is 0 Å². The van der Waals surface area contributed by atoms with Crippen LogP contribution in [0, 0.1) is 17.5 Å². The van der Waals surface area contributed by atoms with Gasteiger partial charge in [0.05, 0.1) is 55.1 Å². The summed E-state index contributed by atoms with van der Waals surface area (Å²) in [6, 6.07) is 11.2. The minimum absolute atomic E-state index is 0.101. The fourth-order valence-electron chi connectivity index (χ4n) is 7.48. The molecule has 1 atom stereocenters. The Labute approximate surface area is 329 Å². The molecular formula is C39H46ClF3N5O5S2+. The monoisotopic (exact) mass is 820 g/mol. The van der Waals surface area contributed by atoms with Crippen molar-refractivity contribution in [3.8, 4) is 11.4 Å². The van der Waals surface area contributed by atoms with Gasteiger partial charge in [0.1, 0.15) is 29.2 Å². The molecule has 0 spiro atoms. The van der Waals surface area contributed by atoms with Gasteiger partial charge in [0.25, 0.3) is 0 Å². The number of carboxylic acids is 1. The zero-order valence-corrected chi connectivity index (χ0v) is 33.7. The molecule has 16 heteroatoms. The first-order valence-corrected chi connectivity index (χ1v) is 21.0. The van der Waals surface area contributed by atoms with Gasteiger partial charge in [-0.2, -0.15) is 4.31 Å². The number of carbonyl (C=O) groups is 1. The summed E-state index contributed by atoms with van der Waals surface area (Å²) < 4.78 is 82.3. The fourth-order valence-corrected chi connectivity index (χ4v) is 10.3. The summed E-state index contributed by atoms with van der Waals surface area (Å²) in [7, 11) is -3.08. The normalized spacial score (nSPS) is 19.2. The molecule has 4 heterocycles. The molecule has 10 nitrogen and oxygen atoms in total. The molecule has 7 rings (SSSR count). The smallest absolute Gasteiger partial charge is 0.321 e. The lowest BCUT2D eigenvalue weighted by atomic mass is 9.81. The van der Waals surface area contributed by atoms with Crippen molar-refractivity contribution in [2.24, 2.45) is 0 Å². The van der Waals surface area contributed by atoms with Gasteiger partial charge in [0.2, 0.25) is 10.0 Å². The van der Waals surface area contributed by atoms with Gasteiger partial charge in [-0.1, -0.05) is 43.3 Å². The number of hydrogen-bond donors (Lipinski definition) is 1. The topological polar surface area (TPSA) is 105 Å². The van der Waals surface area contributed by atoms with E-state index in [1.807, 2.05) is 26.0 Å². The van der Waals surface area contributed by atoms with Crippen LogP contribution in [0.3, 0.4) is 0 Å². The van der Waals surface area contributed by atoms with Crippen molar-refractivity contribution in [1.82, 2.24) is 18.8 Å². The number of piperazine rings is 3. The van der Waals surface area contributed by atoms with E-state index < -0.39 is 49.8 Å². The molecule has 0 saturated carbocycles. The van der Waals surface area contributed by atoms with E-state index in [4.69, 9.17) is 16.3 Å². The van der Waals surface area contributed by atoms with Gasteiger partial charge >= 0.3 is 5.97 Å². The maximum absolute atomic E-state index is 15.8. The van der Waals surface area contributed by atoms with Crippen LogP contribution < -0.4 is 4.74 Å². The van der Waals surface area contributed by atoms with Crippen LogP contribution >= 0.6 is 23.4 Å². The molecule has 3 aliphatic rings. The van der Waals surface area contributed by atoms with E-state index in [0.717, 1.165) is 84.1 Å². The SMILES string of the molecule is COc1cc(C(C)(C)c2cnc(SCc3c(F)cc(S(=O)(=O)N(CCCC[N+]45CCN(CC4)CC5)C(C)C(=O)O)cc3F)n2-c2ccc(F)cc2)ccc1Cl. The first kappa shape index (κ1) is 41.0. The first-order valence-electron chi connectivity index (χ1n) is 18.2. The molecule has 3 fully saturated rings. The van der Waals surface area contributed by atoms with Crippen LogP contribution in [0.4, 0.5) is 13.2 Å². The van der Waals surface area contributed by atoms with E-state index in [9.17, 15) is 22.7 Å². The lowest BCUT2D eigenvalue weighted by Gasteiger charge is -2.50. The Kier molecular flexibility index (Phi) is 12.3. The number of aromatic nitrogens is 2. The van der Waals surface area contributed by atoms with Gasteiger partial charge in [-0.15, -0.1) is 0 Å². The largest absolute Gasteiger partial charge is 0.495 e. The Morgan fingerprint density at radius 2 is 1.67 bits per heavy atom. The van der Waals surface area contributed by atoms with Crippen LogP contribution in [-0.2, 0) is 26.0 Å². The van der Waals surface area contributed by atoms with Crippen LogP contribution in [-0.4, -0.2) is 108 Å². The van der Waals surface area contributed by atoms with Crippen LogP contribution in [0.2, 0.25) is 5.02 Å². The zero-order valence-electron chi connectivity index (χ0n) is 31.3. The summed E-state index contributed by atoms with van der Waals surface area (Å²) >= 11 is 7.31. The maximum Gasteiger partial charge on any atom is 0.321 e. The quantitative estimate of drug-likeness (QED) is 0.0736. The van der Waals surface area contributed by atoms with Crippen LogP contribution in [0.5, 0.6) is 5.75 Å². The number of rotatable bonds is 16. The van der Waals surface area contributed by atoms with Crippen molar-refractivity contribution in [3.05, 3.63) is 100 Å². The van der Waals surface area contributed by atoms with Gasteiger partial charge < -0.3 is 14.3 Å². The second-order valence-electron chi connectivity index (χ2n) is 14.8. The van der Waals surface area contributed by atoms with E-state index in [1.165, 1.54) is 26.2 Å². The summed E-state index contributed by atoms with van der Waals surface area (Å²) in [6.07, 6.45) is 2.74. The number of aliphatic carboxylic acids is 1. The molecule has 0 radical (unpaired) electrons. The number of ether oxygens (including phenoxy) is 1. The van der Waals surface area contributed by atoms with E-state index in [2.05, 4.69) is 9.88 Å². The summed E-state index contributed by atoms with van der Waals surface area (Å²) in [6.45, 7) is 12.2. The third-order valence-electron chi connectivity index (χ3n) is 11.1. The number of unbranched alkanes of at least 4 members (excludes halogenated alkanes) is 1. The van der Waals surface area contributed by atoms with Crippen LogP contribution in [0.15, 0.2) is 70.8 Å². The van der Waals surface area contributed by atoms with Gasteiger partial charge in [-0.3, -0.25) is 14.3 Å². The van der Waals surface area contributed by atoms with Gasteiger partial charge in [0.15, 0.2) is 5.16 Å². The van der Waals surface area contributed by atoms with E-state index >= 15 is 8.78 Å². The van der Waals surface area contributed by atoms with Gasteiger partial charge in [0, 0.05) is 48.6 Å². The average molecular weight is 821 g/mol. The molecule has 3 aromatic carbocycles. The van der Waals surface area contributed by atoms with Gasteiger partial charge in [-0.05, 0) is 73.9 Å². The fraction of sp³-hybridized carbons (Fsp3) is 0.436. The number of quaternary nitrogens is 1. The molecule has 0 aliphatic carbocycles. The second-order valence-corrected chi connectivity index (χ2v) is 18.0. The number of hydrogen-bond acceptors (Lipinski definition) is 7. The van der Waals surface area contributed by atoms with Crippen molar-refractivity contribution < 1.29 is 40.7 Å². The molecule has 296 valence electrons. The van der Waals surface area contributed by atoms with Crippen molar-refractivity contribution in [2.45, 2.75) is 60.9 Å². The Hall–Kier alpha value is -3.60. The summed E-state index contributed by atoms with van der Waals surface area (Å²) in [5, 5.41) is 10.6. The van der Waals surface area contributed by atoms with Gasteiger partial charge in [-0.25, -0.2) is 26.6 Å². The molecule has 2 bridgehead atoms. The minimum atomic E-state index is -4.60. The standard InChI is InChI=1S/C39H45ClF3N5O5S2/c1-26(37(49)50)46(13-5-6-17-48-18-14-45(15-19-48)16-20-48)55(51,52)30-22-33(42)31(34(43)23-30)25-54-38-44-24-36(47(38)29-10-8-28(41)9-11-29)39(2,3)27-7-12-32(40)35(21-27)53-4/h7-12,21-24,26H,5-6,13-20,25H2,1-4H3/p+1. The zero-order chi connectivity index (χ0) is 39.7. The Morgan fingerprint density at radius 1 is 1.04 bits per heavy atom. The highest BCUT2D eigenvalue weighted by atomic mass is 35.5. The highest BCUT2D eigenvalue weighted by Crippen LogP contribution is 2.40. The van der Waals surface area contributed by atoms with Crippen LogP contribution in [0.1, 0.15) is 50.4 Å². The maximum atomic E-state index is 15.8. The Morgan fingerprint density at radius 3 is 2.27 bits per heavy atom. The van der Waals surface area contributed by atoms with E-state index in [1.54, 1.807) is 29.0 Å².